The van der Waals surface area contributed by atoms with Crippen LogP contribution in [0.25, 0.3) is 0 Å². The molecular weight excluding hydrogens is 553 g/mol. The number of aliphatic hydroxyl groups is 1. The molecule has 0 aromatic heterocycles. The molecule has 2 aromatic carbocycles. The van der Waals surface area contributed by atoms with E-state index in [0.29, 0.717) is 25.4 Å². The fraction of sp³-hybridized carbons (Fsp3) is 0.533. The fourth-order valence-corrected chi connectivity index (χ4v) is 4.73. The Morgan fingerprint density at radius 1 is 1.10 bits per heavy atom. The predicted octanol–water partition coefficient (Wildman–Crippen LogP) is 5.36. The molecule has 0 fully saturated rings. The number of amides is 3. The molecule has 0 saturated carbocycles. The summed E-state index contributed by atoms with van der Waals surface area (Å²) in [5, 5.41) is 18.3. The predicted molar refractivity (Wildman–Crippen MR) is 155 cm³/mol. The van der Waals surface area contributed by atoms with E-state index in [-0.39, 0.29) is 47.6 Å². The smallest absolute Gasteiger partial charge is 0.416 e. The van der Waals surface area contributed by atoms with Gasteiger partial charge in [-0.2, -0.15) is 13.2 Å². The van der Waals surface area contributed by atoms with E-state index in [2.05, 4.69) is 16.0 Å². The number of fused-ring (bicyclic) bond motifs is 1. The first-order valence-corrected chi connectivity index (χ1v) is 14.2. The largest absolute Gasteiger partial charge is 0.490 e. The Kier molecular flexibility index (Phi) is 12.0. The molecule has 232 valence electrons. The number of anilines is 2. The number of carbonyl (C=O) groups excluding carboxylic acids is 2. The number of carbonyl (C=O) groups is 2. The molecule has 4 N–H and O–H groups in total. The number of halogens is 3. The van der Waals surface area contributed by atoms with Crippen molar-refractivity contribution >= 4 is 23.3 Å². The van der Waals surface area contributed by atoms with Crippen molar-refractivity contribution in [1.29, 1.82) is 0 Å². The Balaban J connectivity index is 1.89. The van der Waals surface area contributed by atoms with E-state index in [9.17, 15) is 27.9 Å². The zero-order valence-electron chi connectivity index (χ0n) is 24.5. The third-order valence-corrected chi connectivity index (χ3v) is 7.18. The maximum Gasteiger partial charge on any atom is 0.416 e. The topological polar surface area (TPSA) is 112 Å². The number of likely N-dealkylation sites (N-methyl/N-ethyl adjacent to an activating group) is 1. The van der Waals surface area contributed by atoms with E-state index in [0.717, 1.165) is 43.5 Å². The highest BCUT2D eigenvalue weighted by Crippen LogP contribution is 2.31. The van der Waals surface area contributed by atoms with Gasteiger partial charge in [0.05, 0.1) is 36.0 Å². The standard InChI is InChI=1S/C30H41F3N4O5/c1-19-17-37(20(2)18-38)28(39)25-15-24(36-29(40)35-23-10-8-22(9-11-23)30(31,32)33)12-13-26(25)42-21(3)7-5-6-14-41-27(19)16-34-4/h8-13,15,19-21,27,34,38H,5-7,14,16-18H2,1-4H3,(H2,35,36,40)/t19-,20-,21-,27+/m1/s1. The van der Waals surface area contributed by atoms with Crippen molar-refractivity contribution in [2.24, 2.45) is 5.92 Å². The molecule has 3 amide bonds. The zero-order valence-corrected chi connectivity index (χ0v) is 24.5. The summed E-state index contributed by atoms with van der Waals surface area (Å²) in [4.78, 5) is 28.3. The molecule has 12 heteroatoms. The van der Waals surface area contributed by atoms with E-state index >= 15 is 0 Å². The maximum atomic E-state index is 14.0. The first-order chi connectivity index (χ1) is 19.9. The van der Waals surface area contributed by atoms with Crippen molar-refractivity contribution in [1.82, 2.24) is 10.2 Å². The van der Waals surface area contributed by atoms with Gasteiger partial charge in [0.2, 0.25) is 0 Å². The van der Waals surface area contributed by atoms with Crippen molar-refractivity contribution in [3.05, 3.63) is 53.6 Å². The lowest BCUT2D eigenvalue weighted by Crippen LogP contribution is -2.47. The van der Waals surface area contributed by atoms with E-state index in [1.54, 1.807) is 24.0 Å². The molecule has 1 aliphatic heterocycles. The van der Waals surface area contributed by atoms with Crippen LogP contribution in [-0.2, 0) is 10.9 Å². The minimum absolute atomic E-state index is 0.0579. The van der Waals surface area contributed by atoms with Crippen LogP contribution in [0.15, 0.2) is 42.5 Å². The van der Waals surface area contributed by atoms with Crippen LogP contribution in [-0.4, -0.2) is 73.5 Å². The number of urea groups is 1. The number of alkyl halides is 3. The van der Waals surface area contributed by atoms with Crippen molar-refractivity contribution in [3.63, 3.8) is 0 Å². The second kappa shape index (κ2) is 15.2. The molecule has 1 aliphatic rings. The summed E-state index contributed by atoms with van der Waals surface area (Å²) < 4.78 is 50.9. The van der Waals surface area contributed by atoms with Gasteiger partial charge in [-0.05, 0) is 82.6 Å². The molecule has 0 saturated heterocycles. The minimum Gasteiger partial charge on any atom is -0.490 e. The van der Waals surface area contributed by atoms with Gasteiger partial charge in [0, 0.05) is 37.0 Å². The first-order valence-electron chi connectivity index (χ1n) is 14.2. The molecule has 9 nitrogen and oxygen atoms in total. The van der Waals surface area contributed by atoms with Crippen molar-refractivity contribution in [2.75, 3.05) is 44.0 Å². The molecule has 0 bridgehead atoms. The number of hydrogen-bond acceptors (Lipinski definition) is 6. The lowest BCUT2D eigenvalue weighted by atomic mass is 10.0. The lowest BCUT2D eigenvalue weighted by molar-refractivity contribution is -0.137. The molecule has 0 unspecified atom stereocenters. The molecule has 0 aliphatic carbocycles. The first kappa shape index (κ1) is 33.2. The van der Waals surface area contributed by atoms with Crippen LogP contribution in [0.1, 0.15) is 56.0 Å². The summed E-state index contributed by atoms with van der Waals surface area (Å²) in [7, 11) is 1.85. The summed E-state index contributed by atoms with van der Waals surface area (Å²) >= 11 is 0. The number of nitrogens with one attached hydrogen (secondary N) is 3. The third-order valence-electron chi connectivity index (χ3n) is 7.18. The number of aliphatic hydroxyl groups excluding tert-OH is 1. The molecule has 0 spiro atoms. The second-order valence-electron chi connectivity index (χ2n) is 10.7. The van der Waals surface area contributed by atoms with E-state index < -0.39 is 23.8 Å². The summed E-state index contributed by atoms with van der Waals surface area (Å²) in [5.41, 5.74) is -0.163. The van der Waals surface area contributed by atoms with Crippen molar-refractivity contribution < 1.29 is 37.3 Å². The van der Waals surface area contributed by atoms with Gasteiger partial charge < -0.3 is 35.4 Å². The van der Waals surface area contributed by atoms with Gasteiger partial charge in [-0.25, -0.2) is 4.79 Å². The van der Waals surface area contributed by atoms with Gasteiger partial charge in [0.1, 0.15) is 5.75 Å². The highest BCUT2D eigenvalue weighted by atomic mass is 19.4. The van der Waals surface area contributed by atoms with Crippen LogP contribution in [0.2, 0.25) is 0 Å². The van der Waals surface area contributed by atoms with E-state index in [1.165, 1.54) is 6.07 Å². The number of benzene rings is 2. The normalized spacial score (nSPS) is 21.5. The Morgan fingerprint density at radius 3 is 2.40 bits per heavy atom. The maximum absolute atomic E-state index is 14.0. The fourth-order valence-electron chi connectivity index (χ4n) is 4.73. The molecule has 4 atom stereocenters. The summed E-state index contributed by atoms with van der Waals surface area (Å²) in [6, 6.07) is 7.58. The summed E-state index contributed by atoms with van der Waals surface area (Å²) in [6.07, 6.45) is -2.34. The highest BCUT2D eigenvalue weighted by molar-refractivity contribution is 6.02. The van der Waals surface area contributed by atoms with Gasteiger partial charge in [-0.15, -0.1) is 0 Å². The Morgan fingerprint density at radius 2 is 1.76 bits per heavy atom. The van der Waals surface area contributed by atoms with Gasteiger partial charge >= 0.3 is 12.2 Å². The number of ether oxygens (including phenoxy) is 2. The van der Waals surface area contributed by atoms with E-state index in [1.807, 2.05) is 20.9 Å². The summed E-state index contributed by atoms with van der Waals surface area (Å²) in [6.45, 7) is 6.93. The highest BCUT2D eigenvalue weighted by Gasteiger charge is 2.31. The average Bonchev–Trinajstić information content (AvgIpc) is 2.94. The van der Waals surface area contributed by atoms with Gasteiger partial charge in [-0.3, -0.25) is 4.79 Å². The minimum atomic E-state index is -4.48. The second-order valence-corrected chi connectivity index (χ2v) is 10.7. The van der Waals surface area contributed by atoms with E-state index in [4.69, 9.17) is 9.47 Å². The quantitative estimate of drug-likeness (QED) is 0.358. The van der Waals surface area contributed by atoms with Crippen LogP contribution in [0, 0.1) is 5.92 Å². The lowest BCUT2D eigenvalue weighted by Gasteiger charge is -2.34. The number of hydrogen-bond donors (Lipinski definition) is 4. The number of rotatable bonds is 6. The number of nitrogens with zero attached hydrogens (tertiary/aromatic N) is 1. The SMILES string of the molecule is CNC[C@@H]1OCCCC[C@@H](C)Oc2ccc(NC(=O)Nc3ccc(C(F)(F)F)cc3)cc2C(=O)N([C@H](C)CO)C[C@H]1C. The van der Waals surface area contributed by atoms with Crippen LogP contribution in [0.3, 0.4) is 0 Å². The van der Waals surface area contributed by atoms with Crippen molar-refractivity contribution in [3.8, 4) is 5.75 Å². The monoisotopic (exact) mass is 594 g/mol. The van der Waals surface area contributed by atoms with Crippen LogP contribution in [0.5, 0.6) is 5.75 Å². The van der Waals surface area contributed by atoms with Crippen molar-refractivity contribution in [2.45, 2.75) is 64.5 Å². The zero-order chi connectivity index (χ0) is 30.9. The average molecular weight is 595 g/mol. The van der Waals surface area contributed by atoms with Crippen LogP contribution < -0.4 is 20.7 Å². The van der Waals surface area contributed by atoms with Crippen LogP contribution in [0.4, 0.5) is 29.3 Å². The molecule has 3 rings (SSSR count). The van der Waals surface area contributed by atoms with Gasteiger partial charge in [0.15, 0.2) is 0 Å². The van der Waals surface area contributed by atoms with Gasteiger partial charge in [0.25, 0.3) is 5.91 Å². The van der Waals surface area contributed by atoms with Gasteiger partial charge in [-0.1, -0.05) is 6.92 Å². The Bertz CT molecular complexity index is 1180. The molecule has 2 aromatic rings. The van der Waals surface area contributed by atoms with Crippen LogP contribution >= 0.6 is 0 Å². The molecule has 0 radical (unpaired) electrons. The third kappa shape index (κ3) is 9.33. The molecule has 42 heavy (non-hydrogen) atoms. The molecular formula is C30H41F3N4O5. The summed E-state index contributed by atoms with van der Waals surface area (Å²) in [5.74, 6) is -0.0841. The Hall–Kier alpha value is -3.35. The molecule has 1 heterocycles. The Labute approximate surface area is 244 Å².